The number of hydrogen-bond acceptors (Lipinski definition) is 2. The van der Waals surface area contributed by atoms with E-state index in [0.717, 1.165) is 11.1 Å². The summed E-state index contributed by atoms with van der Waals surface area (Å²) in [5.74, 6) is -0.554. The third-order valence-corrected chi connectivity index (χ3v) is 2.10. The minimum absolute atomic E-state index is 0.409. The van der Waals surface area contributed by atoms with E-state index in [0.29, 0.717) is 18.8 Å². The smallest absolute Gasteiger partial charge is 0.249 e. The molecule has 0 saturated heterocycles. The Morgan fingerprint density at radius 1 is 1.43 bits per heavy atom. The minimum Gasteiger partial charge on any atom is -0.372 e. The molecule has 5 nitrogen and oxygen atoms in total. The van der Waals surface area contributed by atoms with E-state index in [1.807, 2.05) is 6.07 Å². The highest BCUT2D eigenvalue weighted by atomic mass is 16.5. The molecule has 2 rings (SSSR count). The molecule has 5 heteroatoms. The Bertz CT molecular complexity index is 436. The molecule has 0 atom stereocenters. The van der Waals surface area contributed by atoms with E-state index in [2.05, 4.69) is 10.0 Å². The highest BCUT2D eigenvalue weighted by molar-refractivity contribution is 5.95. The maximum absolute atomic E-state index is 11.2. The summed E-state index contributed by atoms with van der Waals surface area (Å²) in [4.78, 5) is 13.6. The van der Waals surface area contributed by atoms with Crippen molar-refractivity contribution in [2.75, 3.05) is 0 Å². The number of azide groups is 1. The Balaban J connectivity index is 2.37. The van der Waals surface area contributed by atoms with Gasteiger partial charge in [-0.2, -0.15) is 0 Å². The maximum Gasteiger partial charge on any atom is 0.249 e. The Morgan fingerprint density at radius 2 is 2.21 bits per heavy atom. The SMILES string of the molecule is [N-]=[N+]=NC(=O)c1ccc2c(c1)COC2. The van der Waals surface area contributed by atoms with Gasteiger partial charge in [0.1, 0.15) is 0 Å². The van der Waals surface area contributed by atoms with Crippen molar-refractivity contribution in [2.45, 2.75) is 13.2 Å². The second-order valence-corrected chi connectivity index (χ2v) is 2.97. The third kappa shape index (κ3) is 1.46. The summed E-state index contributed by atoms with van der Waals surface area (Å²) in [6.45, 7) is 1.11. The normalized spacial score (nSPS) is 13.1. The molecular weight excluding hydrogens is 182 g/mol. The van der Waals surface area contributed by atoms with Crippen molar-refractivity contribution >= 4 is 5.91 Å². The van der Waals surface area contributed by atoms with Crippen LogP contribution in [-0.2, 0) is 18.0 Å². The first-order chi connectivity index (χ1) is 6.81. The molecule has 0 N–H and O–H groups in total. The number of carbonyl (C=O) groups is 1. The van der Waals surface area contributed by atoms with Crippen LogP contribution in [0.15, 0.2) is 23.3 Å². The summed E-state index contributed by atoms with van der Waals surface area (Å²) >= 11 is 0. The van der Waals surface area contributed by atoms with Crippen LogP contribution in [0.3, 0.4) is 0 Å². The monoisotopic (exact) mass is 189 g/mol. The predicted octanol–water partition coefficient (Wildman–Crippen LogP) is 2.17. The summed E-state index contributed by atoms with van der Waals surface area (Å²) in [7, 11) is 0. The van der Waals surface area contributed by atoms with Gasteiger partial charge in [0.2, 0.25) is 5.91 Å². The van der Waals surface area contributed by atoms with Crippen LogP contribution in [0.1, 0.15) is 21.5 Å². The lowest BCUT2D eigenvalue weighted by molar-refractivity contribution is 0.1000. The lowest BCUT2D eigenvalue weighted by Gasteiger charge is -1.98. The van der Waals surface area contributed by atoms with Crippen LogP contribution in [-0.4, -0.2) is 5.91 Å². The lowest BCUT2D eigenvalue weighted by atomic mass is 10.1. The Hall–Kier alpha value is -1.84. The summed E-state index contributed by atoms with van der Waals surface area (Å²) in [6.07, 6.45) is 0. The van der Waals surface area contributed by atoms with Crippen LogP contribution in [0.4, 0.5) is 0 Å². The molecule has 0 saturated carbocycles. The molecule has 70 valence electrons. The molecule has 0 aliphatic carbocycles. The average molecular weight is 189 g/mol. The highest BCUT2D eigenvalue weighted by Crippen LogP contribution is 2.21. The quantitative estimate of drug-likeness (QED) is 0.385. The van der Waals surface area contributed by atoms with E-state index in [-0.39, 0.29) is 0 Å². The van der Waals surface area contributed by atoms with Crippen LogP contribution in [0, 0.1) is 0 Å². The van der Waals surface area contributed by atoms with Crippen LogP contribution in [0.2, 0.25) is 0 Å². The van der Waals surface area contributed by atoms with E-state index in [1.165, 1.54) is 0 Å². The fourth-order valence-corrected chi connectivity index (χ4v) is 1.40. The molecule has 1 aromatic carbocycles. The molecule has 0 aromatic heterocycles. The summed E-state index contributed by atoms with van der Waals surface area (Å²) < 4.78 is 5.19. The van der Waals surface area contributed by atoms with Gasteiger partial charge >= 0.3 is 0 Å². The molecule has 0 unspecified atom stereocenters. The van der Waals surface area contributed by atoms with Crippen molar-refractivity contribution in [1.82, 2.24) is 0 Å². The van der Waals surface area contributed by atoms with Gasteiger partial charge in [-0.25, -0.2) is 0 Å². The molecule has 1 heterocycles. The first kappa shape index (κ1) is 8.74. The topological polar surface area (TPSA) is 75.1 Å². The molecule has 0 radical (unpaired) electrons. The molecule has 0 bridgehead atoms. The number of hydrogen-bond donors (Lipinski definition) is 0. The van der Waals surface area contributed by atoms with Crippen molar-refractivity contribution in [3.05, 3.63) is 45.3 Å². The second-order valence-electron chi connectivity index (χ2n) is 2.97. The van der Waals surface area contributed by atoms with Gasteiger partial charge in [0.15, 0.2) is 0 Å². The summed E-state index contributed by atoms with van der Waals surface area (Å²) in [5.41, 5.74) is 10.6. The lowest BCUT2D eigenvalue weighted by Crippen LogP contribution is -1.95. The second kappa shape index (κ2) is 3.49. The number of benzene rings is 1. The van der Waals surface area contributed by atoms with Gasteiger partial charge in [0.05, 0.1) is 13.2 Å². The van der Waals surface area contributed by atoms with E-state index < -0.39 is 5.91 Å². The molecule has 1 aliphatic rings. The number of nitrogens with zero attached hydrogens (tertiary/aromatic N) is 3. The van der Waals surface area contributed by atoms with Gasteiger partial charge in [-0.05, 0) is 27.8 Å². The van der Waals surface area contributed by atoms with Crippen molar-refractivity contribution in [3.8, 4) is 0 Å². The Labute approximate surface area is 79.9 Å². The maximum atomic E-state index is 11.2. The van der Waals surface area contributed by atoms with Gasteiger partial charge < -0.3 is 4.74 Å². The zero-order valence-electron chi connectivity index (χ0n) is 7.30. The molecule has 0 fully saturated rings. The van der Waals surface area contributed by atoms with Crippen LogP contribution in [0.5, 0.6) is 0 Å². The summed E-state index contributed by atoms with van der Waals surface area (Å²) in [5, 5.41) is 3.02. The van der Waals surface area contributed by atoms with E-state index >= 15 is 0 Å². The van der Waals surface area contributed by atoms with E-state index in [4.69, 9.17) is 10.3 Å². The number of ether oxygens (including phenoxy) is 1. The van der Waals surface area contributed by atoms with Crippen LogP contribution in [0.25, 0.3) is 10.4 Å². The minimum atomic E-state index is -0.554. The molecule has 14 heavy (non-hydrogen) atoms. The Kier molecular flexibility index (Phi) is 2.18. The van der Waals surface area contributed by atoms with Crippen molar-refractivity contribution < 1.29 is 9.53 Å². The molecule has 1 aliphatic heterocycles. The van der Waals surface area contributed by atoms with E-state index in [9.17, 15) is 4.79 Å². The van der Waals surface area contributed by atoms with Gasteiger partial charge in [0.25, 0.3) is 0 Å². The standard InChI is InChI=1S/C9H7N3O2/c10-12-11-9(13)6-1-2-7-4-14-5-8(7)3-6/h1-3H,4-5H2. The Morgan fingerprint density at radius 3 is 3.00 bits per heavy atom. The fraction of sp³-hybridized carbons (Fsp3) is 0.222. The van der Waals surface area contributed by atoms with Gasteiger partial charge in [-0.1, -0.05) is 12.1 Å². The zero-order valence-corrected chi connectivity index (χ0v) is 7.30. The zero-order chi connectivity index (χ0) is 9.97. The fourth-order valence-electron chi connectivity index (χ4n) is 1.40. The van der Waals surface area contributed by atoms with Crippen molar-refractivity contribution in [2.24, 2.45) is 5.11 Å². The molecule has 1 aromatic rings. The van der Waals surface area contributed by atoms with Crippen molar-refractivity contribution in [1.29, 1.82) is 0 Å². The van der Waals surface area contributed by atoms with Crippen LogP contribution >= 0.6 is 0 Å². The number of fused-ring (bicyclic) bond motifs is 1. The number of carbonyl (C=O) groups excluding carboxylic acids is 1. The first-order valence-corrected chi connectivity index (χ1v) is 4.10. The molecular formula is C9H7N3O2. The van der Waals surface area contributed by atoms with Gasteiger partial charge in [0, 0.05) is 10.5 Å². The van der Waals surface area contributed by atoms with Gasteiger partial charge in [-0.3, -0.25) is 4.79 Å². The van der Waals surface area contributed by atoms with Crippen LogP contribution < -0.4 is 0 Å². The molecule has 0 spiro atoms. The van der Waals surface area contributed by atoms with Crippen molar-refractivity contribution in [3.63, 3.8) is 0 Å². The summed E-state index contributed by atoms with van der Waals surface area (Å²) in [6, 6.07) is 5.17. The van der Waals surface area contributed by atoms with Gasteiger partial charge in [-0.15, -0.1) is 0 Å². The average Bonchev–Trinajstić information content (AvgIpc) is 2.64. The number of rotatable bonds is 1. The molecule has 1 amide bonds. The largest absolute Gasteiger partial charge is 0.372 e. The number of amides is 1. The van der Waals surface area contributed by atoms with E-state index in [1.54, 1.807) is 12.1 Å². The predicted molar refractivity (Wildman–Crippen MR) is 48.4 cm³/mol. The highest BCUT2D eigenvalue weighted by Gasteiger charge is 2.13. The first-order valence-electron chi connectivity index (χ1n) is 4.10. The third-order valence-electron chi connectivity index (χ3n) is 2.10.